The molecule has 1 aromatic rings. The third-order valence-corrected chi connectivity index (χ3v) is 1.42. The van der Waals surface area contributed by atoms with Crippen LogP contribution in [0, 0.1) is 6.92 Å². The topological polar surface area (TPSA) is 75.9 Å². The van der Waals surface area contributed by atoms with Crippen molar-refractivity contribution in [2.45, 2.75) is 26.8 Å². The molecule has 0 aliphatic carbocycles. The first-order valence-corrected chi connectivity index (χ1v) is 4.20. The summed E-state index contributed by atoms with van der Waals surface area (Å²) in [6, 6.07) is 2.22. The molecular formula is C8H15N5. The van der Waals surface area contributed by atoms with E-state index in [0.717, 1.165) is 11.5 Å². The second-order valence-electron chi connectivity index (χ2n) is 3.16. The Labute approximate surface area is 77.7 Å². The van der Waals surface area contributed by atoms with Gasteiger partial charge in [-0.3, -0.25) is 5.43 Å². The Balaban J connectivity index is 2.88. The van der Waals surface area contributed by atoms with Crippen molar-refractivity contribution < 1.29 is 0 Å². The molecule has 0 aliphatic heterocycles. The molecule has 0 fully saturated rings. The fraction of sp³-hybridized carbons (Fsp3) is 0.500. The highest BCUT2D eigenvalue weighted by Gasteiger charge is 2.01. The molecule has 0 amide bonds. The molecule has 1 rings (SSSR count). The number of hydrogen-bond acceptors (Lipinski definition) is 5. The van der Waals surface area contributed by atoms with Crippen LogP contribution in [-0.2, 0) is 0 Å². The van der Waals surface area contributed by atoms with Crippen LogP contribution in [0.15, 0.2) is 6.07 Å². The molecule has 0 aliphatic rings. The fourth-order valence-electron chi connectivity index (χ4n) is 1.00. The van der Waals surface area contributed by atoms with Gasteiger partial charge in [-0.25, -0.2) is 10.8 Å². The number of aryl methyl sites for hydroxylation is 1. The van der Waals surface area contributed by atoms with Gasteiger partial charge in [-0.05, 0) is 20.8 Å². The number of nitrogens with one attached hydrogen (secondary N) is 2. The third-order valence-electron chi connectivity index (χ3n) is 1.42. The van der Waals surface area contributed by atoms with Crippen molar-refractivity contribution in [3.05, 3.63) is 11.8 Å². The molecule has 0 bridgehead atoms. The number of nitrogens with two attached hydrogens (primary N) is 1. The van der Waals surface area contributed by atoms with Gasteiger partial charge in [0, 0.05) is 17.8 Å². The van der Waals surface area contributed by atoms with E-state index in [1.807, 2.05) is 26.8 Å². The van der Waals surface area contributed by atoms with Crippen LogP contribution in [0.2, 0.25) is 0 Å². The average molecular weight is 181 g/mol. The molecule has 0 saturated carbocycles. The van der Waals surface area contributed by atoms with Crippen LogP contribution in [0.4, 0.5) is 11.8 Å². The van der Waals surface area contributed by atoms with Crippen molar-refractivity contribution in [1.29, 1.82) is 0 Å². The van der Waals surface area contributed by atoms with Gasteiger partial charge >= 0.3 is 0 Å². The summed E-state index contributed by atoms with van der Waals surface area (Å²) in [5.74, 6) is 6.44. The van der Waals surface area contributed by atoms with Gasteiger partial charge in [-0.2, -0.15) is 4.98 Å². The molecule has 0 aromatic carbocycles. The molecule has 1 heterocycles. The zero-order valence-electron chi connectivity index (χ0n) is 8.13. The van der Waals surface area contributed by atoms with Gasteiger partial charge in [0.2, 0.25) is 5.95 Å². The van der Waals surface area contributed by atoms with Crippen molar-refractivity contribution in [3.8, 4) is 0 Å². The van der Waals surface area contributed by atoms with Gasteiger partial charge < -0.3 is 5.32 Å². The molecular weight excluding hydrogens is 166 g/mol. The largest absolute Gasteiger partial charge is 0.368 e. The summed E-state index contributed by atoms with van der Waals surface area (Å²) in [7, 11) is 0. The molecule has 13 heavy (non-hydrogen) atoms. The second kappa shape index (κ2) is 4.04. The van der Waals surface area contributed by atoms with Gasteiger partial charge in [0.05, 0.1) is 0 Å². The first-order valence-electron chi connectivity index (χ1n) is 4.20. The molecule has 72 valence electrons. The second-order valence-corrected chi connectivity index (χ2v) is 3.16. The Morgan fingerprint density at radius 1 is 1.38 bits per heavy atom. The summed E-state index contributed by atoms with van der Waals surface area (Å²) in [6.45, 7) is 5.99. The molecule has 0 saturated heterocycles. The van der Waals surface area contributed by atoms with E-state index < -0.39 is 0 Å². The minimum Gasteiger partial charge on any atom is -0.368 e. The standard InChI is InChI=1S/C8H15N5/c1-5(2)10-7-4-6(3)11-8(12-7)13-9/h4-5H,9H2,1-3H3,(H2,10,11,12,13). The van der Waals surface area contributed by atoms with E-state index in [2.05, 4.69) is 20.7 Å². The van der Waals surface area contributed by atoms with E-state index in [1.165, 1.54) is 0 Å². The quantitative estimate of drug-likeness (QED) is 0.477. The van der Waals surface area contributed by atoms with Crippen LogP contribution in [-0.4, -0.2) is 16.0 Å². The van der Waals surface area contributed by atoms with E-state index >= 15 is 0 Å². The lowest BCUT2D eigenvalue weighted by atomic mass is 10.3. The van der Waals surface area contributed by atoms with Gasteiger partial charge in [0.15, 0.2) is 0 Å². The number of hydrogen-bond donors (Lipinski definition) is 3. The highest BCUT2D eigenvalue weighted by atomic mass is 15.3. The maximum atomic E-state index is 5.22. The van der Waals surface area contributed by atoms with Crippen LogP contribution in [0.25, 0.3) is 0 Å². The van der Waals surface area contributed by atoms with Crippen molar-refractivity contribution in [2.75, 3.05) is 10.7 Å². The molecule has 0 radical (unpaired) electrons. The van der Waals surface area contributed by atoms with E-state index in [9.17, 15) is 0 Å². The summed E-state index contributed by atoms with van der Waals surface area (Å²) in [5, 5.41) is 3.17. The van der Waals surface area contributed by atoms with Crippen molar-refractivity contribution in [3.63, 3.8) is 0 Å². The minimum absolute atomic E-state index is 0.347. The third kappa shape index (κ3) is 2.87. The smallest absolute Gasteiger partial charge is 0.239 e. The Morgan fingerprint density at radius 2 is 2.08 bits per heavy atom. The van der Waals surface area contributed by atoms with Crippen LogP contribution < -0.4 is 16.6 Å². The Morgan fingerprint density at radius 3 is 2.62 bits per heavy atom. The Bertz CT molecular complexity index is 284. The normalized spacial score (nSPS) is 10.2. The number of rotatable bonds is 3. The van der Waals surface area contributed by atoms with Crippen LogP contribution in [0.1, 0.15) is 19.5 Å². The van der Waals surface area contributed by atoms with Crippen LogP contribution in [0.3, 0.4) is 0 Å². The molecule has 1 aromatic heterocycles. The zero-order valence-corrected chi connectivity index (χ0v) is 8.13. The van der Waals surface area contributed by atoms with E-state index in [0.29, 0.717) is 12.0 Å². The molecule has 4 N–H and O–H groups in total. The highest BCUT2D eigenvalue weighted by Crippen LogP contribution is 2.09. The molecule has 5 heteroatoms. The van der Waals surface area contributed by atoms with Gasteiger partial charge in [0.1, 0.15) is 5.82 Å². The monoisotopic (exact) mass is 181 g/mol. The average Bonchev–Trinajstić information content (AvgIpc) is 2.01. The summed E-state index contributed by atoms with van der Waals surface area (Å²) < 4.78 is 0. The molecule has 0 unspecified atom stereocenters. The highest BCUT2D eigenvalue weighted by molar-refractivity contribution is 5.41. The first-order chi connectivity index (χ1) is 6.11. The maximum Gasteiger partial charge on any atom is 0.239 e. The van der Waals surface area contributed by atoms with Crippen molar-refractivity contribution >= 4 is 11.8 Å². The fourth-order valence-corrected chi connectivity index (χ4v) is 1.00. The van der Waals surface area contributed by atoms with E-state index in [1.54, 1.807) is 0 Å². The number of anilines is 2. The zero-order chi connectivity index (χ0) is 9.84. The molecule has 0 spiro atoms. The molecule has 0 atom stereocenters. The van der Waals surface area contributed by atoms with Crippen molar-refractivity contribution in [1.82, 2.24) is 9.97 Å². The Kier molecular flexibility index (Phi) is 3.02. The van der Waals surface area contributed by atoms with Crippen LogP contribution in [0.5, 0.6) is 0 Å². The number of nitrogen functional groups attached to an aromatic ring is 1. The number of aromatic nitrogens is 2. The first kappa shape index (κ1) is 9.73. The lowest BCUT2D eigenvalue weighted by Crippen LogP contribution is -2.15. The van der Waals surface area contributed by atoms with E-state index in [-0.39, 0.29) is 0 Å². The van der Waals surface area contributed by atoms with Gasteiger partial charge in [-0.1, -0.05) is 0 Å². The number of hydrazine groups is 1. The predicted octanol–water partition coefficient (Wildman–Crippen LogP) is 0.891. The van der Waals surface area contributed by atoms with Crippen LogP contribution >= 0.6 is 0 Å². The van der Waals surface area contributed by atoms with Gasteiger partial charge in [0.25, 0.3) is 0 Å². The summed E-state index contributed by atoms with van der Waals surface area (Å²) >= 11 is 0. The minimum atomic E-state index is 0.347. The maximum absolute atomic E-state index is 5.22. The van der Waals surface area contributed by atoms with E-state index in [4.69, 9.17) is 5.84 Å². The number of nitrogens with zero attached hydrogens (tertiary/aromatic N) is 2. The summed E-state index contributed by atoms with van der Waals surface area (Å²) in [4.78, 5) is 8.21. The SMILES string of the molecule is Cc1cc(NC(C)C)nc(NN)n1. The predicted molar refractivity (Wildman–Crippen MR) is 53.3 cm³/mol. The van der Waals surface area contributed by atoms with Gasteiger partial charge in [-0.15, -0.1) is 0 Å². The lowest BCUT2D eigenvalue weighted by molar-refractivity contribution is 0.884. The van der Waals surface area contributed by atoms with Crippen molar-refractivity contribution in [2.24, 2.45) is 5.84 Å². The molecule has 5 nitrogen and oxygen atoms in total. The Hall–Kier alpha value is -1.36. The lowest BCUT2D eigenvalue weighted by Gasteiger charge is -2.10. The summed E-state index contributed by atoms with van der Waals surface area (Å²) in [5.41, 5.74) is 3.30. The summed E-state index contributed by atoms with van der Waals surface area (Å²) in [6.07, 6.45) is 0.